The van der Waals surface area contributed by atoms with E-state index in [4.69, 9.17) is 14.2 Å². The van der Waals surface area contributed by atoms with Gasteiger partial charge in [0.25, 0.3) is 0 Å². The Hall–Kier alpha value is -5.33. The highest BCUT2D eigenvalue weighted by atomic mass is 32.1. The van der Waals surface area contributed by atoms with Crippen molar-refractivity contribution >= 4 is 40.0 Å². The van der Waals surface area contributed by atoms with Crippen LogP contribution in [0.3, 0.4) is 0 Å². The van der Waals surface area contributed by atoms with E-state index in [0.29, 0.717) is 38.2 Å². The lowest BCUT2D eigenvalue weighted by atomic mass is 9.85. The number of hydrogen-bond acceptors (Lipinski definition) is 10. The summed E-state index contributed by atoms with van der Waals surface area (Å²) in [7, 11) is 0. The molecule has 13 nitrogen and oxygen atoms in total. The number of thiazole rings is 1. The lowest BCUT2D eigenvalue weighted by Crippen LogP contribution is -2.58. The fraction of sp³-hybridized carbons (Fsp3) is 0.519. The highest BCUT2D eigenvalue weighted by Crippen LogP contribution is 2.44. The number of unbranched alkanes of at least 4 members (excludes halogenated alkanes) is 2. The Bertz CT molecular complexity index is 2590. The molecule has 1 saturated heterocycles. The minimum Gasteiger partial charge on any atom is -0.493 e. The number of aryl methyl sites for hydroxylation is 1. The monoisotopic (exact) mass is 1000 g/mol. The van der Waals surface area contributed by atoms with Gasteiger partial charge in [0.2, 0.25) is 17.7 Å². The zero-order valence-electron chi connectivity index (χ0n) is 41.9. The molecule has 0 aliphatic carbocycles. The molecule has 1 fully saturated rings. The molecule has 3 amide bonds. The van der Waals surface area contributed by atoms with Crippen LogP contribution in [0.1, 0.15) is 108 Å². The van der Waals surface area contributed by atoms with Gasteiger partial charge in [0.15, 0.2) is 0 Å². The summed E-state index contributed by atoms with van der Waals surface area (Å²) in [5.41, 5.74) is 4.78. The second-order valence-corrected chi connectivity index (χ2v) is 21.4. The Balaban J connectivity index is 0.792. The van der Waals surface area contributed by atoms with Crippen LogP contribution >= 0.6 is 11.3 Å². The third-order valence-electron chi connectivity index (χ3n) is 13.1. The quantitative estimate of drug-likeness (QED) is 0.0498. The first kappa shape index (κ1) is 53.5. The number of alkyl halides is 1. The standard InChI is InChI=1S/C54H69F3N6O7S/c1-33-24-40-39-14-9-10-15-43(39)60-47(40)48(63(33)31-54(6,7)57)46-41(55)26-38(27-42(46)56)70-23-12-8-11-20-68-21-13-22-69-30-45(65)61-50(53(3,4)5)52(67)62-29-37(64)25-44(62)51(66)58-28-35-16-18-36(19-17-35)49-34(2)59-32-71-49/h9-10,14-19,26-27,32-33,37,44,48,50,60,64H,8,11-13,20-25,28-31H2,1-7H3,(H,58,66)(H,61,65)/t33-,37-,44+,48-,50-/m1/s1. The molecule has 3 aromatic carbocycles. The smallest absolute Gasteiger partial charge is 0.246 e. The molecule has 384 valence electrons. The van der Waals surface area contributed by atoms with E-state index in [1.54, 1.807) is 16.8 Å². The summed E-state index contributed by atoms with van der Waals surface area (Å²) in [6, 6.07) is 15.1. The van der Waals surface area contributed by atoms with Gasteiger partial charge in [-0.2, -0.15) is 0 Å². The number of likely N-dealkylation sites (tertiary alicyclic amines) is 1. The average molecular weight is 1000 g/mol. The van der Waals surface area contributed by atoms with Crippen molar-refractivity contribution in [2.75, 3.05) is 46.1 Å². The number of rotatable bonds is 22. The van der Waals surface area contributed by atoms with Crippen LogP contribution in [0.5, 0.6) is 5.75 Å². The zero-order valence-corrected chi connectivity index (χ0v) is 42.7. The Labute approximate surface area is 418 Å². The van der Waals surface area contributed by atoms with Crippen molar-refractivity contribution in [3.63, 3.8) is 0 Å². The van der Waals surface area contributed by atoms with Gasteiger partial charge in [-0.3, -0.25) is 19.3 Å². The molecule has 71 heavy (non-hydrogen) atoms. The number of aliphatic hydroxyl groups excluding tert-OH is 1. The Morgan fingerprint density at radius 3 is 2.32 bits per heavy atom. The van der Waals surface area contributed by atoms with E-state index in [-0.39, 0.29) is 69.1 Å². The van der Waals surface area contributed by atoms with Crippen LogP contribution in [0.15, 0.2) is 66.2 Å². The van der Waals surface area contributed by atoms with E-state index >= 15 is 13.2 Å². The topological polar surface area (TPSA) is 158 Å². The number of aromatic nitrogens is 2. The van der Waals surface area contributed by atoms with Gasteiger partial charge >= 0.3 is 0 Å². The largest absolute Gasteiger partial charge is 0.493 e. The van der Waals surface area contributed by atoms with Crippen LogP contribution in [0, 0.1) is 24.0 Å². The second-order valence-electron chi connectivity index (χ2n) is 20.6. The normalized spacial score (nSPS) is 18.9. The summed E-state index contributed by atoms with van der Waals surface area (Å²) in [6.45, 7) is 13.7. The van der Waals surface area contributed by atoms with Crippen molar-refractivity contribution in [3.05, 3.63) is 106 Å². The number of carbonyl (C=O) groups excluding carboxylic acids is 3. The number of carbonyl (C=O) groups is 3. The lowest BCUT2D eigenvalue weighted by molar-refractivity contribution is -0.144. The number of para-hydroxylation sites is 1. The van der Waals surface area contributed by atoms with Crippen LogP contribution < -0.4 is 15.4 Å². The minimum atomic E-state index is -1.59. The molecular weight excluding hydrogens is 934 g/mol. The maximum absolute atomic E-state index is 16.0. The second kappa shape index (κ2) is 23.5. The van der Waals surface area contributed by atoms with Gasteiger partial charge in [-0.25, -0.2) is 18.2 Å². The summed E-state index contributed by atoms with van der Waals surface area (Å²) < 4.78 is 64.3. The van der Waals surface area contributed by atoms with Crippen LogP contribution in [0.25, 0.3) is 21.3 Å². The lowest BCUT2D eigenvalue weighted by Gasteiger charge is -2.43. The number of β-amino-alcohol motifs (C(OH)–C–C–N with tert-alkyl or cyclic N) is 1. The molecule has 0 unspecified atom stereocenters. The van der Waals surface area contributed by atoms with Gasteiger partial charge in [0, 0.05) is 86.2 Å². The van der Waals surface area contributed by atoms with Crippen LogP contribution in [-0.4, -0.2) is 119 Å². The van der Waals surface area contributed by atoms with Crippen LogP contribution in [-0.2, 0) is 36.8 Å². The molecule has 5 atom stereocenters. The van der Waals surface area contributed by atoms with E-state index in [0.717, 1.165) is 51.0 Å². The first-order chi connectivity index (χ1) is 33.8. The number of H-pyrrole nitrogens is 1. The highest BCUT2D eigenvalue weighted by molar-refractivity contribution is 7.13. The van der Waals surface area contributed by atoms with Crippen LogP contribution in [0.2, 0.25) is 0 Å². The van der Waals surface area contributed by atoms with Gasteiger partial charge < -0.3 is 39.8 Å². The number of hydrogen-bond donors (Lipinski definition) is 4. The predicted molar refractivity (Wildman–Crippen MR) is 269 cm³/mol. The zero-order chi connectivity index (χ0) is 51.0. The van der Waals surface area contributed by atoms with Crippen molar-refractivity contribution in [1.82, 2.24) is 30.4 Å². The van der Waals surface area contributed by atoms with Gasteiger partial charge in [-0.15, -0.1) is 11.3 Å². The molecule has 0 spiro atoms. The number of ether oxygens (including phenoxy) is 3. The molecule has 0 saturated carbocycles. The maximum Gasteiger partial charge on any atom is 0.246 e. The van der Waals surface area contributed by atoms with Crippen LogP contribution in [0.4, 0.5) is 13.2 Å². The van der Waals surface area contributed by atoms with Gasteiger partial charge in [0.1, 0.15) is 41.7 Å². The van der Waals surface area contributed by atoms with Crippen molar-refractivity contribution in [3.8, 4) is 16.2 Å². The molecule has 7 rings (SSSR count). The number of nitrogens with one attached hydrogen (secondary N) is 3. The molecular formula is C54H69F3N6O7S. The Morgan fingerprint density at radius 2 is 1.63 bits per heavy atom. The van der Waals surface area contributed by atoms with E-state index in [1.807, 2.05) is 88.0 Å². The predicted octanol–water partition coefficient (Wildman–Crippen LogP) is 8.74. The number of aromatic amines is 1. The maximum atomic E-state index is 16.0. The van der Waals surface area contributed by atoms with Crippen molar-refractivity contribution in [2.45, 2.75) is 129 Å². The Kier molecular flexibility index (Phi) is 17.7. The number of aliphatic hydroxyl groups is 1. The van der Waals surface area contributed by atoms with Crippen molar-refractivity contribution < 1.29 is 46.9 Å². The fourth-order valence-corrected chi connectivity index (χ4v) is 10.4. The average Bonchev–Trinajstić information content (AvgIpc) is 4.03. The molecule has 17 heteroatoms. The molecule has 0 bridgehead atoms. The number of nitrogens with zero attached hydrogens (tertiary/aromatic N) is 3. The number of halogens is 3. The first-order valence-corrected chi connectivity index (χ1v) is 25.5. The van der Waals surface area contributed by atoms with Gasteiger partial charge in [-0.05, 0) is 88.0 Å². The van der Waals surface area contributed by atoms with E-state index in [2.05, 4.69) is 20.6 Å². The summed E-state index contributed by atoms with van der Waals surface area (Å²) in [5, 5.41) is 17.3. The molecule has 2 aliphatic heterocycles. The molecule has 4 heterocycles. The van der Waals surface area contributed by atoms with Crippen molar-refractivity contribution in [1.29, 1.82) is 0 Å². The highest BCUT2D eigenvalue weighted by Gasteiger charge is 2.45. The minimum absolute atomic E-state index is 0.00373. The molecule has 0 radical (unpaired) electrons. The van der Waals surface area contributed by atoms with Crippen molar-refractivity contribution in [2.24, 2.45) is 5.41 Å². The van der Waals surface area contributed by atoms with E-state index < -0.39 is 58.8 Å². The number of fused-ring (bicyclic) bond motifs is 3. The molecule has 4 N–H and O–H groups in total. The summed E-state index contributed by atoms with van der Waals surface area (Å²) >= 11 is 1.57. The summed E-state index contributed by atoms with van der Waals surface area (Å²) in [5.74, 6) is -2.72. The van der Waals surface area contributed by atoms with E-state index in [1.165, 1.54) is 30.9 Å². The third-order valence-corrected chi connectivity index (χ3v) is 14.1. The number of amides is 3. The Morgan fingerprint density at radius 1 is 0.944 bits per heavy atom. The third kappa shape index (κ3) is 13.6. The summed E-state index contributed by atoms with van der Waals surface area (Å²) in [4.78, 5) is 52.4. The SMILES string of the molecule is Cc1ncsc1-c1ccc(CNC(=O)[C@@H]2C[C@@H](O)CN2C(=O)[C@@H](NC(=O)COCCCOCCCCCOc2cc(F)c([C@@H]3c4[nH]c5ccccc5c4C[C@@H](C)N3CC(C)(C)F)c(F)c2)C(C)(C)C)cc1. The molecule has 5 aromatic rings. The van der Waals surface area contributed by atoms with E-state index in [9.17, 15) is 19.5 Å². The molecule has 2 aromatic heterocycles. The summed E-state index contributed by atoms with van der Waals surface area (Å²) in [6.07, 6.45) is 2.49. The van der Waals surface area contributed by atoms with Gasteiger partial charge in [-0.1, -0.05) is 63.2 Å². The fourth-order valence-electron chi connectivity index (χ4n) is 9.59. The number of benzene rings is 3. The first-order valence-electron chi connectivity index (χ1n) is 24.7. The molecule has 2 aliphatic rings. The van der Waals surface area contributed by atoms with Gasteiger partial charge in [0.05, 0.1) is 34.8 Å².